The Morgan fingerprint density at radius 1 is 1.43 bits per heavy atom. The first-order valence-corrected chi connectivity index (χ1v) is 3.39. The van der Waals surface area contributed by atoms with Gasteiger partial charge in [-0.2, -0.15) is 13.2 Å². The van der Waals surface area contributed by atoms with Crippen molar-refractivity contribution in [2.45, 2.75) is 6.18 Å². The Labute approximate surface area is 75.8 Å². The third-order valence-electron chi connectivity index (χ3n) is 1.23. The summed E-state index contributed by atoms with van der Waals surface area (Å²) >= 11 is 0. The van der Waals surface area contributed by atoms with E-state index in [-0.39, 0.29) is 11.8 Å². The number of nitrogens with zero attached hydrogens (tertiary/aromatic N) is 1. The zero-order chi connectivity index (χ0) is 10.8. The summed E-state index contributed by atoms with van der Waals surface area (Å²) in [7, 11) is 0. The molecule has 0 bridgehead atoms. The molecule has 76 valence electrons. The quantitative estimate of drug-likeness (QED) is 0.553. The molecule has 1 heterocycles. The molecule has 0 aliphatic rings. The van der Waals surface area contributed by atoms with E-state index in [2.05, 4.69) is 4.42 Å². The van der Waals surface area contributed by atoms with Crippen LogP contribution in [0.1, 0.15) is 5.76 Å². The van der Waals surface area contributed by atoms with Gasteiger partial charge in [0.1, 0.15) is 10.7 Å². The van der Waals surface area contributed by atoms with Crippen LogP contribution >= 0.6 is 0 Å². The summed E-state index contributed by atoms with van der Waals surface area (Å²) in [5.74, 6) is -0.805. The molecule has 1 aromatic rings. The van der Waals surface area contributed by atoms with E-state index in [0.717, 1.165) is 12.1 Å². The molecule has 7 heteroatoms. The molecule has 0 fully saturated rings. The van der Waals surface area contributed by atoms with Gasteiger partial charge in [-0.05, 0) is 12.1 Å². The van der Waals surface area contributed by atoms with Crippen LogP contribution in [0.15, 0.2) is 22.6 Å². The second kappa shape index (κ2) is 3.52. The summed E-state index contributed by atoms with van der Waals surface area (Å²) in [6.45, 7) is 0. The Kier molecular flexibility index (Phi) is 2.59. The fraction of sp³-hybridized carbons (Fsp3) is 0.143. The molecule has 0 unspecified atom stereocenters. The Hall–Kier alpha value is -1.79. The van der Waals surface area contributed by atoms with Crippen molar-refractivity contribution in [1.82, 2.24) is 0 Å². The molecule has 0 radical (unpaired) electrons. The predicted molar refractivity (Wildman–Crippen MR) is 40.5 cm³/mol. The maximum Gasteiger partial charge on any atom is 0.433 e. The van der Waals surface area contributed by atoms with E-state index in [1.54, 1.807) is 0 Å². The lowest BCUT2D eigenvalue weighted by Crippen LogP contribution is -1.99. The van der Waals surface area contributed by atoms with Crippen LogP contribution in [0.4, 0.5) is 19.1 Å². The zero-order valence-corrected chi connectivity index (χ0v) is 6.62. The molecular weight excluding hydrogens is 203 g/mol. The summed E-state index contributed by atoms with van der Waals surface area (Å²) in [6.07, 6.45) is -3.90. The summed E-state index contributed by atoms with van der Waals surface area (Å²) in [4.78, 5) is 9.25. The van der Waals surface area contributed by atoms with E-state index in [1.807, 2.05) is 0 Å². The topological polar surface area (TPSA) is 56.3 Å². The number of nitro groups is 1. The normalized spacial score (nSPS) is 12.2. The van der Waals surface area contributed by atoms with Crippen LogP contribution < -0.4 is 0 Å². The highest BCUT2D eigenvalue weighted by molar-refractivity contribution is 5.45. The molecule has 14 heavy (non-hydrogen) atoms. The number of furan rings is 1. The molecule has 0 aliphatic heterocycles. The van der Waals surface area contributed by atoms with E-state index in [1.165, 1.54) is 0 Å². The smallest absolute Gasteiger partial charge is 0.401 e. The Balaban J connectivity index is 2.79. The summed E-state index contributed by atoms with van der Waals surface area (Å²) in [5, 5.41) is 10.1. The van der Waals surface area contributed by atoms with Gasteiger partial charge in [0.2, 0.25) is 0 Å². The number of allylic oxidation sites excluding steroid dienone is 1. The molecule has 0 aromatic carbocycles. The average Bonchev–Trinajstić information content (AvgIpc) is 2.47. The fourth-order valence-electron chi connectivity index (χ4n) is 0.707. The van der Waals surface area contributed by atoms with Crippen molar-refractivity contribution in [2.24, 2.45) is 0 Å². The first-order chi connectivity index (χ1) is 6.38. The Bertz CT molecular complexity index is 367. The fourth-order valence-corrected chi connectivity index (χ4v) is 0.707. The number of rotatable bonds is 2. The van der Waals surface area contributed by atoms with E-state index < -0.39 is 17.0 Å². The van der Waals surface area contributed by atoms with Gasteiger partial charge in [-0.3, -0.25) is 10.1 Å². The van der Waals surface area contributed by atoms with Gasteiger partial charge >= 0.3 is 12.1 Å². The maximum absolute atomic E-state index is 11.6. The average molecular weight is 207 g/mol. The van der Waals surface area contributed by atoms with Gasteiger partial charge in [0.25, 0.3) is 0 Å². The van der Waals surface area contributed by atoms with Crippen molar-refractivity contribution in [2.75, 3.05) is 0 Å². The third-order valence-corrected chi connectivity index (χ3v) is 1.23. The van der Waals surface area contributed by atoms with E-state index in [4.69, 9.17) is 0 Å². The Morgan fingerprint density at radius 3 is 2.50 bits per heavy atom. The van der Waals surface area contributed by atoms with Gasteiger partial charge < -0.3 is 4.42 Å². The second-order valence-electron chi connectivity index (χ2n) is 2.31. The molecule has 1 rings (SSSR count). The van der Waals surface area contributed by atoms with Crippen LogP contribution in [0.3, 0.4) is 0 Å². The molecular formula is C7H4F3NO3. The summed E-state index contributed by atoms with van der Waals surface area (Å²) in [6, 6.07) is 2.07. The number of halogens is 3. The van der Waals surface area contributed by atoms with Crippen molar-refractivity contribution in [3.8, 4) is 0 Å². The summed E-state index contributed by atoms with van der Waals surface area (Å²) in [5.41, 5.74) is 0. The van der Waals surface area contributed by atoms with Crippen LogP contribution in [0.2, 0.25) is 0 Å². The SMILES string of the molecule is O=[N+]([O-])c1ccc(C=CC(F)(F)F)o1. The van der Waals surface area contributed by atoms with E-state index in [0.29, 0.717) is 6.08 Å². The zero-order valence-electron chi connectivity index (χ0n) is 6.62. The minimum atomic E-state index is -4.46. The maximum atomic E-state index is 11.6. The van der Waals surface area contributed by atoms with Crippen LogP contribution in [0, 0.1) is 10.1 Å². The van der Waals surface area contributed by atoms with Gasteiger partial charge in [-0.15, -0.1) is 0 Å². The van der Waals surface area contributed by atoms with Crippen molar-refractivity contribution in [3.05, 3.63) is 34.1 Å². The standard InChI is InChI=1S/C7H4F3NO3/c8-7(9,10)4-3-5-1-2-6(14-5)11(12)13/h1-4H. The molecule has 0 spiro atoms. The predicted octanol–water partition coefficient (Wildman–Crippen LogP) is 2.76. The lowest BCUT2D eigenvalue weighted by Gasteiger charge is -1.94. The molecule has 0 atom stereocenters. The molecule has 0 saturated heterocycles. The van der Waals surface area contributed by atoms with Gasteiger partial charge in [-0.1, -0.05) is 0 Å². The van der Waals surface area contributed by atoms with Gasteiger partial charge in [0.05, 0.1) is 6.07 Å². The van der Waals surface area contributed by atoms with Gasteiger partial charge in [0, 0.05) is 6.08 Å². The van der Waals surface area contributed by atoms with E-state index >= 15 is 0 Å². The number of hydrogen-bond acceptors (Lipinski definition) is 3. The van der Waals surface area contributed by atoms with Crippen molar-refractivity contribution >= 4 is 12.0 Å². The first kappa shape index (κ1) is 10.3. The largest absolute Gasteiger partial charge is 0.433 e. The van der Waals surface area contributed by atoms with Gasteiger partial charge in [0.15, 0.2) is 0 Å². The van der Waals surface area contributed by atoms with Crippen LogP contribution in [0.25, 0.3) is 6.08 Å². The number of hydrogen-bond donors (Lipinski definition) is 0. The summed E-state index contributed by atoms with van der Waals surface area (Å²) < 4.78 is 39.4. The van der Waals surface area contributed by atoms with Crippen molar-refractivity contribution < 1.29 is 22.5 Å². The van der Waals surface area contributed by atoms with Crippen LogP contribution in [0.5, 0.6) is 0 Å². The molecule has 0 N–H and O–H groups in total. The minimum Gasteiger partial charge on any atom is -0.401 e. The Morgan fingerprint density at radius 2 is 2.07 bits per heavy atom. The first-order valence-electron chi connectivity index (χ1n) is 3.39. The third kappa shape index (κ3) is 2.92. The molecule has 4 nitrogen and oxygen atoms in total. The molecule has 0 saturated carbocycles. The minimum absolute atomic E-state index is 0.0600. The van der Waals surface area contributed by atoms with Crippen molar-refractivity contribution in [1.29, 1.82) is 0 Å². The van der Waals surface area contributed by atoms with E-state index in [9.17, 15) is 23.3 Å². The highest BCUT2D eigenvalue weighted by Gasteiger charge is 2.22. The highest BCUT2D eigenvalue weighted by Crippen LogP contribution is 2.21. The highest BCUT2D eigenvalue weighted by atomic mass is 19.4. The number of alkyl halides is 3. The van der Waals surface area contributed by atoms with Crippen molar-refractivity contribution in [3.63, 3.8) is 0 Å². The molecule has 0 aliphatic carbocycles. The van der Waals surface area contributed by atoms with Gasteiger partial charge in [-0.25, -0.2) is 0 Å². The monoisotopic (exact) mass is 207 g/mol. The lowest BCUT2D eigenvalue weighted by molar-refractivity contribution is -0.402. The lowest BCUT2D eigenvalue weighted by atomic mass is 10.4. The molecule has 0 amide bonds. The van der Waals surface area contributed by atoms with Crippen LogP contribution in [-0.4, -0.2) is 11.1 Å². The van der Waals surface area contributed by atoms with Crippen LogP contribution in [-0.2, 0) is 0 Å². The second-order valence-corrected chi connectivity index (χ2v) is 2.31. The molecule has 1 aromatic heterocycles.